The number of halogens is 1. The number of β-amino-alcohol motifs (C(OH)–C–C–N with tert-alkyl or cyclic N) is 1. The largest absolute Gasteiger partial charge is 0.508 e. The van der Waals surface area contributed by atoms with Gasteiger partial charge in [0, 0.05) is 29.4 Å². The van der Waals surface area contributed by atoms with Crippen molar-refractivity contribution in [3.05, 3.63) is 51.5 Å². The Hall–Kier alpha value is -3.84. The Morgan fingerprint density at radius 2 is 1.94 bits per heavy atom. The van der Waals surface area contributed by atoms with Crippen molar-refractivity contribution in [2.75, 3.05) is 25.0 Å². The van der Waals surface area contributed by atoms with Crippen LogP contribution in [-0.2, 0) is 9.59 Å². The minimum atomic E-state index is -1.19. The van der Waals surface area contributed by atoms with Crippen molar-refractivity contribution >= 4 is 45.4 Å². The molecule has 0 aromatic heterocycles. The van der Waals surface area contributed by atoms with Gasteiger partial charge >= 0.3 is 5.97 Å². The minimum absolute atomic E-state index is 0.0593. The van der Waals surface area contributed by atoms with Crippen LogP contribution in [0.3, 0.4) is 0 Å². The predicted molar refractivity (Wildman–Crippen MR) is 134 cm³/mol. The standard InChI is InChI=1S/C23H26BrN5O7/c1-11-2-16(21(35)17(24)3-11)18(7-20(33)34)29-19(32)10-25-22(36)12-4-13(6-14(30)5-12)28-23-26-8-15(31)9-27-23/h2-6,15,18,30-31,35H,7-10H2,1H3,(H,25,36)(H,29,32)(H,33,34)(H2,26,27,28)/t18-/m0/s1. The summed E-state index contributed by atoms with van der Waals surface area (Å²) in [4.78, 5) is 40.6. The molecule has 36 heavy (non-hydrogen) atoms. The Morgan fingerprint density at radius 1 is 1.19 bits per heavy atom. The van der Waals surface area contributed by atoms with Gasteiger partial charge < -0.3 is 41.7 Å². The van der Waals surface area contributed by atoms with Gasteiger partial charge in [-0.3, -0.25) is 19.4 Å². The topological polar surface area (TPSA) is 193 Å². The van der Waals surface area contributed by atoms with Crippen molar-refractivity contribution in [2.45, 2.75) is 25.5 Å². The number of carboxylic acid groups (broad SMARTS) is 1. The molecule has 2 aromatic carbocycles. The van der Waals surface area contributed by atoms with Crippen molar-refractivity contribution in [1.82, 2.24) is 16.0 Å². The van der Waals surface area contributed by atoms with Gasteiger partial charge in [-0.15, -0.1) is 0 Å². The van der Waals surface area contributed by atoms with E-state index in [1.807, 2.05) is 0 Å². The summed E-state index contributed by atoms with van der Waals surface area (Å²) >= 11 is 3.20. The first-order valence-corrected chi connectivity index (χ1v) is 11.7. The van der Waals surface area contributed by atoms with Crippen LogP contribution in [0.25, 0.3) is 0 Å². The number of nitrogens with one attached hydrogen (secondary N) is 4. The summed E-state index contributed by atoms with van der Waals surface area (Å²) in [5.74, 6) is -2.55. The summed E-state index contributed by atoms with van der Waals surface area (Å²) in [5, 5.41) is 49.8. The van der Waals surface area contributed by atoms with Crippen LogP contribution in [0.4, 0.5) is 5.69 Å². The van der Waals surface area contributed by atoms with Gasteiger partial charge in [0.15, 0.2) is 5.96 Å². The van der Waals surface area contributed by atoms with Crippen LogP contribution in [-0.4, -0.2) is 69.9 Å². The van der Waals surface area contributed by atoms with E-state index in [4.69, 9.17) is 0 Å². The number of aliphatic hydroxyl groups excluding tert-OH is 1. The molecule has 2 amide bonds. The number of phenolic OH excluding ortho intramolecular Hbond substituents is 2. The van der Waals surface area contributed by atoms with Crippen molar-refractivity contribution in [3.8, 4) is 11.5 Å². The van der Waals surface area contributed by atoms with Gasteiger partial charge in [0.1, 0.15) is 11.5 Å². The third kappa shape index (κ3) is 7.33. The molecule has 0 fully saturated rings. The summed E-state index contributed by atoms with van der Waals surface area (Å²) in [6.45, 7) is 1.78. The molecule has 192 valence electrons. The quantitative estimate of drug-likeness (QED) is 0.231. The number of aliphatic hydroxyl groups is 1. The second-order valence-corrected chi connectivity index (χ2v) is 9.06. The predicted octanol–water partition coefficient (Wildman–Crippen LogP) is 0.963. The molecule has 0 saturated heterocycles. The Balaban J connectivity index is 1.66. The van der Waals surface area contributed by atoms with E-state index in [0.717, 1.165) is 5.56 Å². The maximum absolute atomic E-state index is 12.6. The number of carbonyl (C=O) groups is 3. The van der Waals surface area contributed by atoms with Crippen LogP contribution >= 0.6 is 15.9 Å². The van der Waals surface area contributed by atoms with Gasteiger partial charge in [0.2, 0.25) is 5.91 Å². The van der Waals surface area contributed by atoms with Gasteiger partial charge in [0.25, 0.3) is 5.91 Å². The van der Waals surface area contributed by atoms with Crippen LogP contribution in [0.1, 0.15) is 33.9 Å². The molecular weight excluding hydrogens is 538 g/mol. The molecule has 1 heterocycles. The molecule has 0 spiro atoms. The number of amides is 2. The monoisotopic (exact) mass is 563 g/mol. The van der Waals surface area contributed by atoms with E-state index in [9.17, 15) is 34.8 Å². The van der Waals surface area contributed by atoms with Gasteiger partial charge in [-0.1, -0.05) is 6.07 Å². The number of carbonyl (C=O) groups excluding carboxylic acids is 2. The minimum Gasteiger partial charge on any atom is -0.508 e. The maximum Gasteiger partial charge on any atom is 0.305 e. The van der Waals surface area contributed by atoms with Gasteiger partial charge in [-0.25, -0.2) is 0 Å². The number of hydrogen-bond acceptors (Lipinski definition) is 9. The number of aromatic hydroxyl groups is 2. The van der Waals surface area contributed by atoms with Crippen molar-refractivity contribution in [2.24, 2.45) is 4.99 Å². The molecule has 3 rings (SSSR count). The number of benzene rings is 2. The molecule has 8 N–H and O–H groups in total. The normalized spacial score (nSPS) is 15.8. The highest BCUT2D eigenvalue weighted by Gasteiger charge is 2.23. The molecular formula is C23H26BrN5O7. The fourth-order valence-corrected chi connectivity index (χ4v) is 4.10. The first-order valence-electron chi connectivity index (χ1n) is 10.9. The molecule has 0 aliphatic carbocycles. The number of aliphatic imine (C=N–C) groups is 1. The lowest BCUT2D eigenvalue weighted by Crippen LogP contribution is -2.42. The van der Waals surface area contributed by atoms with Crippen LogP contribution < -0.4 is 21.3 Å². The summed E-state index contributed by atoms with van der Waals surface area (Å²) in [7, 11) is 0. The van der Waals surface area contributed by atoms with E-state index >= 15 is 0 Å². The number of guanidine groups is 1. The molecule has 0 bridgehead atoms. The summed E-state index contributed by atoms with van der Waals surface area (Å²) in [5.41, 5.74) is 1.38. The highest BCUT2D eigenvalue weighted by atomic mass is 79.9. The van der Waals surface area contributed by atoms with E-state index < -0.39 is 42.9 Å². The molecule has 2 aromatic rings. The van der Waals surface area contributed by atoms with E-state index in [-0.39, 0.29) is 29.2 Å². The van der Waals surface area contributed by atoms with E-state index in [1.165, 1.54) is 18.2 Å². The molecule has 1 unspecified atom stereocenters. The second kappa shape index (κ2) is 11.7. The maximum atomic E-state index is 12.6. The number of aryl methyl sites for hydroxylation is 1. The molecule has 1 aliphatic heterocycles. The van der Waals surface area contributed by atoms with E-state index in [0.29, 0.717) is 22.7 Å². The zero-order valence-electron chi connectivity index (χ0n) is 19.2. The third-order valence-electron chi connectivity index (χ3n) is 5.14. The SMILES string of the molecule is Cc1cc(Br)c(O)c([C@H](CC(=O)O)NC(=O)CNC(=O)c2cc(O)cc(NC3=NCC(O)CN3)c2)c1. The molecule has 0 saturated carbocycles. The van der Waals surface area contributed by atoms with Gasteiger partial charge in [0.05, 0.1) is 36.1 Å². The smallest absolute Gasteiger partial charge is 0.305 e. The van der Waals surface area contributed by atoms with Crippen molar-refractivity contribution < 1.29 is 34.8 Å². The highest BCUT2D eigenvalue weighted by Crippen LogP contribution is 2.34. The van der Waals surface area contributed by atoms with Crippen LogP contribution in [0, 0.1) is 6.92 Å². The number of aliphatic carboxylic acids is 1. The Labute approximate surface area is 214 Å². The summed E-state index contributed by atoms with van der Waals surface area (Å²) in [6.07, 6.45) is -1.08. The zero-order chi connectivity index (χ0) is 26.4. The average Bonchev–Trinajstić information content (AvgIpc) is 2.80. The number of rotatable bonds is 8. The van der Waals surface area contributed by atoms with Gasteiger partial charge in [-0.2, -0.15) is 0 Å². The zero-order valence-corrected chi connectivity index (χ0v) is 20.8. The lowest BCUT2D eigenvalue weighted by atomic mass is 10.0. The third-order valence-corrected chi connectivity index (χ3v) is 5.75. The lowest BCUT2D eigenvalue weighted by molar-refractivity contribution is -0.137. The molecule has 0 radical (unpaired) electrons. The molecule has 12 nitrogen and oxygen atoms in total. The molecule has 2 atom stereocenters. The molecule has 1 aliphatic rings. The summed E-state index contributed by atoms with van der Waals surface area (Å²) < 4.78 is 0.356. The van der Waals surface area contributed by atoms with Gasteiger partial charge in [-0.05, 0) is 46.6 Å². The lowest BCUT2D eigenvalue weighted by Gasteiger charge is -2.20. The first kappa shape index (κ1) is 26.8. The number of phenols is 2. The first-order chi connectivity index (χ1) is 17.0. The number of hydrogen-bond donors (Lipinski definition) is 8. The van der Waals surface area contributed by atoms with E-state index in [1.54, 1.807) is 19.1 Å². The van der Waals surface area contributed by atoms with Crippen LogP contribution in [0.5, 0.6) is 11.5 Å². The van der Waals surface area contributed by atoms with Crippen LogP contribution in [0.2, 0.25) is 0 Å². The van der Waals surface area contributed by atoms with Crippen molar-refractivity contribution in [3.63, 3.8) is 0 Å². The Bertz CT molecular complexity index is 1200. The average molecular weight is 564 g/mol. The fourth-order valence-electron chi connectivity index (χ4n) is 3.51. The second-order valence-electron chi connectivity index (χ2n) is 8.20. The Morgan fingerprint density at radius 3 is 2.61 bits per heavy atom. The summed E-state index contributed by atoms with van der Waals surface area (Å²) in [6, 6.07) is 6.21. The number of anilines is 1. The number of carboxylic acids is 1. The number of nitrogens with zero attached hydrogens (tertiary/aromatic N) is 1. The molecule has 13 heteroatoms. The van der Waals surface area contributed by atoms with Crippen LogP contribution in [0.15, 0.2) is 39.8 Å². The highest BCUT2D eigenvalue weighted by molar-refractivity contribution is 9.10. The fraction of sp³-hybridized carbons (Fsp3) is 0.304. The Kier molecular flexibility index (Phi) is 8.72. The van der Waals surface area contributed by atoms with Crippen molar-refractivity contribution in [1.29, 1.82) is 0 Å². The van der Waals surface area contributed by atoms with E-state index in [2.05, 4.69) is 42.2 Å².